The van der Waals surface area contributed by atoms with Crippen molar-refractivity contribution in [2.45, 2.75) is 69.9 Å². The van der Waals surface area contributed by atoms with Gasteiger partial charge < -0.3 is 19.5 Å². The Morgan fingerprint density at radius 3 is 2.35 bits per heavy atom. The number of rotatable bonds is 5. The van der Waals surface area contributed by atoms with Crippen LogP contribution in [-0.2, 0) is 0 Å². The topological polar surface area (TPSA) is 72.3 Å². The summed E-state index contributed by atoms with van der Waals surface area (Å²) in [5.74, 6) is 0.874. The third kappa shape index (κ3) is 4.94. The molecular formula is C27H35N5O2. The average molecular weight is 462 g/mol. The number of benzene rings is 1. The van der Waals surface area contributed by atoms with Crippen molar-refractivity contribution in [2.75, 3.05) is 25.5 Å². The maximum Gasteiger partial charge on any atom is 0.294 e. The van der Waals surface area contributed by atoms with Gasteiger partial charge in [0, 0.05) is 31.2 Å². The van der Waals surface area contributed by atoms with E-state index in [2.05, 4.69) is 20.2 Å². The van der Waals surface area contributed by atoms with Crippen LogP contribution in [0.25, 0.3) is 11.0 Å². The first-order valence-electron chi connectivity index (χ1n) is 12.8. The zero-order valence-electron chi connectivity index (χ0n) is 20.1. The van der Waals surface area contributed by atoms with Gasteiger partial charge in [-0.05, 0) is 43.9 Å². The number of ether oxygens (including phenoxy) is 1. The van der Waals surface area contributed by atoms with Crippen molar-refractivity contribution in [3.63, 3.8) is 0 Å². The molecule has 1 N–H and O–H groups in total. The molecule has 0 spiro atoms. The second-order valence-corrected chi connectivity index (χ2v) is 9.60. The molecule has 180 valence electrons. The minimum Gasteiger partial charge on any atom is -0.481 e. The van der Waals surface area contributed by atoms with E-state index in [0.29, 0.717) is 23.4 Å². The standard InChI is InChI=1S/C27H35N5O2/c1-34-25-14-13-20(19-28-25)29-26-27(33)32(24-12-8-7-11-23(24)30-26)22-15-17-31(18-16-22)21-9-5-3-2-4-6-10-21/h7-8,11-14,19,21-22H,2-6,9-10,15-18H2,1H3,(H,29,30). The summed E-state index contributed by atoms with van der Waals surface area (Å²) in [6.45, 7) is 2.12. The minimum atomic E-state index is -0.0704. The maximum absolute atomic E-state index is 13.7. The molecule has 0 atom stereocenters. The van der Waals surface area contributed by atoms with Crippen LogP contribution in [0, 0.1) is 0 Å². The van der Waals surface area contributed by atoms with E-state index in [-0.39, 0.29) is 11.6 Å². The molecule has 1 saturated heterocycles. The SMILES string of the molecule is COc1ccc(Nc2nc3ccccc3n(C3CCN(C4CCCCCCC4)CC3)c2=O)cn1. The van der Waals surface area contributed by atoms with Crippen molar-refractivity contribution < 1.29 is 4.74 Å². The zero-order valence-corrected chi connectivity index (χ0v) is 20.1. The van der Waals surface area contributed by atoms with Crippen LogP contribution >= 0.6 is 0 Å². The van der Waals surface area contributed by atoms with E-state index in [0.717, 1.165) is 37.0 Å². The monoisotopic (exact) mass is 461 g/mol. The number of piperidine rings is 1. The summed E-state index contributed by atoms with van der Waals surface area (Å²) in [6, 6.07) is 12.5. The lowest BCUT2D eigenvalue weighted by atomic mass is 9.93. The van der Waals surface area contributed by atoms with Crippen molar-refractivity contribution in [3.05, 3.63) is 52.9 Å². The van der Waals surface area contributed by atoms with E-state index < -0.39 is 0 Å². The fourth-order valence-corrected chi connectivity index (χ4v) is 5.62. The summed E-state index contributed by atoms with van der Waals surface area (Å²) in [5, 5.41) is 3.20. The zero-order chi connectivity index (χ0) is 23.3. The Balaban J connectivity index is 1.39. The first-order chi connectivity index (χ1) is 16.7. The first-order valence-corrected chi connectivity index (χ1v) is 12.8. The van der Waals surface area contributed by atoms with E-state index in [1.165, 1.54) is 44.9 Å². The number of nitrogens with one attached hydrogen (secondary N) is 1. The third-order valence-corrected chi connectivity index (χ3v) is 7.46. The number of hydrogen-bond donors (Lipinski definition) is 1. The highest BCUT2D eigenvalue weighted by molar-refractivity contribution is 5.77. The first kappa shape index (κ1) is 22.8. The molecule has 2 aliphatic rings. The number of hydrogen-bond acceptors (Lipinski definition) is 6. The fourth-order valence-electron chi connectivity index (χ4n) is 5.62. The van der Waals surface area contributed by atoms with Crippen LogP contribution in [0.1, 0.15) is 63.8 Å². The van der Waals surface area contributed by atoms with E-state index in [1.807, 2.05) is 34.9 Å². The van der Waals surface area contributed by atoms with Gasteiger partial charge in [0.25, 0.3) is 5.56 Å². The van der Waals surface area contributed by atoms with Gasteiger partial charge in [-0.3, -0.25) is 4.79 Å². The molecule has 0 unspecified atom stereocenters. The smallest absolute Gasteiger partial charge is 0.294 e. The molecule has 5 rings (SSSR count). The highest BCUT2D eigenvalue weighted by atomic mass is 16.5. The van der Waals surface area contributed by atoms with Gasteiger partial charge in [-0.1, -0.05) is 44.2 Å². The van der Waals surface area contributed by atoms with Crippen LogP contribution in [-0.4, -0.2) is 45.7 Å². The predicted molar refractivity (Wildman–Crippen MR) is 136 cm³/mol. The summed E-state index contributed by atoms with van der Waals surface area (Å²) >= 11 is 0. The number of fused-ring (bicyclic) bond motifs is 1. The fraction of sp³-hybridized carbons (Fsp3) is 0.519. The summed E-state index contributed by atoms with van der Waals surface area (Å²) in [4.78, 5) is 25.2. The summed E-state index contributed by atoms with van der Waals surface area (Å²) in [7, 11) is 1.58. The van der Waals surface area contributed by atoms with Crippen molar-refractivity contribution in [1.29, 1.82) is 0 Å². The lowest BCUT2D eigenvalue weighted by Crippen LogP contribution is -2.43. The largest absolute Gasteiger partial charge is 0.481 e. The number of likely N-dealkylation sites (tertiary alicyclic amines) is 1. The van der Waals surface area contributed by atoms with Crippen LogP contribution in [0.4, 0.5) is 11.5 Å². The summed E-state index contributed by atoms with van der Waals surface area (Å²) < 4.78 is 7.12. The Hall–Kier alpha value is -2.93. The number of nitrogens with zero attached hydrogens (tertiary/aromatic N) is 4. The van der Waals surface area contributed by atoms with Crippen LogP contribution in [0.3, 0.4) is 0 Å². The Labute approximate surface area is 201 Å². The number of aromatic nitrogens is 3. The Morgan fingerprint density at radius 1 is 0.912 bits per heavy atom. The number of methoxy groups -OCH3 is 1. The van der Waals surface area contributed by atoms with Gasteiger partial charge in [-0.25, -0.2) is 9.97 Å². The Bertz CT molecular complexity index is 1140. The van der Waals surface area contributed by atoms with E-state index in [1.54, 1.807) is 19.4 Å². The Morgan fingerprint density at radius 2 is 1.65 bits per heavy atom. The quantitative estimate of drug-likeness (QED) is 0.556. The van der Waals surface area contributed by atoms with Crippen LogP contribution in [0.5, 0.6) is 5.88 Å². The van der Waals surface area contributed by atoms with Gasteiger partial charge in [-0.2, -0.15) is 0 Å². The second kappa shape index (κ2) is 10.6. The molecule has 1 aliphatic carbocycles. The predicted octanol–water partition coefficient (Wildman–Crippen LogP) is 5.29. The van der Waals surface area contributed by atoms with Gasteiger partial charge in [0.2, 0.25) is 5.88 Å². The van der Waals surface area contributed by atoms with E-state index >= 15 is 0 Å². The number of para-hydroxylation sites is 2. The molecule has 1 aliphatic heterocycles. The molecule has 3 heterocycles. The summed E-state index contributed by atoms with van der Waals surface area (Å²) in [5.41, 5.74) is 2.38. The van der Waals surface area contributed by atoms with Crippen molar-refractivity contribution in [2.24, 2.45) is 0 Å². The molecule has 0 amide bonds. The highest BCUT2D eigenvalue weighted by Crippen LogP contribution is 2.30. The van der Waals surface area contributed by atoms with Gasteiger partial charge in [0.05, 0.1) is 30.0 Å². The second-order valence-electron chi connectivity index (χ2n) is 9.60. The molecule has 2 fully saturated rings. The Kier molecular flexibility index (Phi) is 7.09. The van der Waals surface area contributed by atoms with Gasteiger partial charge in [0.1, 0.15) is 0 Å². The molecule has 34 heavy (non-hydrogen) atoms. The molecule has 1 saturated carbocycles. The van der Waals surface area contributed by atoms with Gasteiger partial charge in [0.15, 0.2) is 5.82 Å². The molecule has 3 aromatic rings. The van der Waals surface area contributed by atoms with E-state index in [9.17, 15) is 4.79 Å². The molecule has 2 aromatic heterocycles. The molecule has 0 bridgehead atoms. The average Bonchev–Trinajstić information content (AvgIpc) is 2.85. The molecule has 7 nitrogen and oxygen atoms in total. The van der Waals surface area contributed by atoms with Crippen LogP contribution in [0.15, 0.2) is 47.4 Å². The van der Waals surface area contributed by atoms with Gasteiger partial charge in [-0.15, -0.1) is 0 Å². The maximum atomic E-state index is 13.7. The summed E-state index contributed by atoms with van der Waals surface area (Å²) in [6.07, 6.45) is 13.2. The van der Waals surface area contributed by atoms with Crippen molar-refractivity contribution in [1.82, 2.24) is 19.4 Å². The minimum absolute atomic E-state index is 0.0704. The van der Waals surface area contributed by atoms with Crippen molar-refractivity contribution in [3.8, 4) is 5.88 Å². The lowest BCUT2D eigenvalue weighted by Gasteiger charge is -2.39. The molecule has 0 radical (unpaired) electrons. The van der Waals surface area contributed by atoms with E-state index in [4.69, 9.17) is 4.74 Å². The third-order valence-electron chi connectivity index (χ3n) is 7.46. The van der Waals surface area contributed by atoms with Crippen LogP contribution in [0.2, 0.25) is 0 Å². The molecule has 1 aromatic carbocycles. The number of pyridine rings is 1. The highest BCUT2D eigenvalue weighted by Gasteiger charge is 2.28. The molecule has 7 heteroatoms. The van der Waals surface area contributed by atoms with Gasteiger partial charge >= 0.3 is 0 Å². The van der Waals surface area contributed by atoms with Crippen molar-refractivity contribution >= 4 is 22.5 Å². The molecular weight excluding hydrogens is 426 g/mol. The number of anilines is 2. The van der Waals surface area contributed by atoms with Crippen LogP contribution < -0.4 is 15.6 Å². The normalized spacial score (nSPS) is 19.0. The lowest BCUT2D eigenvalue weighted by molar-refractivity contribution is 0.116.